The third kappa shape index (κ3) is 5.91. The van der Waals surface area contributed by atoms with E-state index in [-0.39, 0.29) is 40.9 Å². The van der Waals surface area contributed by atoms with E-state index in [4.69, 9.17) is 4.74 Å². The first-order chi connectivity index (χ1) is 14.9. The van der Waals surface area contributed by atoms with E-state index in [1.165, 1.54) is 15.4 Å². The van der Waals surface area contributed by atoms with Crippen LogP contribution in [0.3, 0.4) is 0 Å². The fraction of sp³-hybridized carbons (Fsp3) is 0.238. The summed E-state index contributed by atoms with van der Waals surface area (Å²) in [6.07, 6.45) is 0. The Labute approximate surface area is 195 Å². The molecule has 0 spiro atoms. The molecule has 0 atom stereocenters. The molecule has 0 unspecified atom stereocenters. The highest BCUT2D eigenvalue weighted by Crippen LogP contribution is 2.18. The highest BCUT2D eigenvalue weighted by molar-refractivity contribution is 14.1. The second kappa shape index (κ2) is 10.5. The minimum atomic E-state index is -0.499. The van der Waals surface area contributed by atoms with Gasteiger partial charge in [-0.05, 0) is 23.3 Å². The van der Waals surface area contributed by atoms with Gasteiger partial charge in [0.2, 0.25) is 0 Å². The van der Waals surface area contributed by atoms with Crippen LogP contribution in [0.5, 0.6) is 5.75 Å². The molecule has 1 N–H and O–H groups in total. The van der Waals surface area contributed by atoms with Gasteiger partial charge in [0.1, 0.15) is 5.75 Å². The summed E-state index contributed by atoms with van der Waals surface area (Å²) in [6.45, 7) is 2.27. The van der Waals surface area contributed by atoms with Gasteiger partial charge >= 0.3 is 16.5 Å². The van der Waals surface area contributed by atoms with Crippen LogP contribution in [0.15, 0.2) is 58.1 Å². The van der Waals surface area contributed by atoms with E-state index in [1.807, 2.05) is 24.3 Å². The molecule has 1 aromatic heterocycles. The van der Waals surface area contributed by atoms with Crippen LogP contribution in [0, 0.1) is 0 Å². The molecule has 8 nitrogen and oxygen atoms in total. The Morgan fingerprint density at radius 1 is 1.06 bits per heavy atom. The number of ether oxygens (including phenoxy) is 1. The number of carbonyl (C=O) groups is 2. The zero-order valence-corrected chi connectivity index (χ0v) is 19.6. The normalized spacial score (nSPS) is 10.6. The van der Waals surface area contributed by atoms with Gasteiger partial charge < -0.3 is 10.1 Å². The minimum absolute atomic E-state index is 0.199. The quantitative estimate of drug-likeness (QED) is 0.200. The molecule has 0 fully saturated rings. The molecule has 1 heterocycles. The van der Waals surface area contributed by atoms with E-state index in [1.54, 1.807) is 24.3 Å². The highest BCUT2D eigenvalue weighted by atomic mass is 127. The standard InChI is InChI=1S/C21H20IN3O5S/c1-14(26)30-18-5-3-2-4-17(18)19(27)23-12-15-6-8-16(9-7-15)13-24-20(28)25(11-10-22)31-21(24)29/h2-9H,10-13H2,1H3,(H,23,27). The van der Waals surface area contributed by atoms with Crippen molar-refractivity contribution in [1.82, 2.24) is 13.8 Å². The molecule has 3 rings (SSSR count). The van der Waals surface area contributed by atoms with E-state index in [0.29, 0.717) is 6.54 Å². The van der Waals surface area contributed by atoms with Gasteiger partial charge in [0.15, 0.2) is 0 Å². The van der Waals surface area contributed by atoms with Crippen molar-refractivity contribution in [3.05, 3.63) is 85.4 Å². The van der Waals surface area contributed by atoms with Gasteiger partial charge in [-0.1, -0.05) is 59.0 Å². The molecule has 162 valence electrons. The number of aryl methyl sites for hydroxylation is 1. The van der Waals surface area contributed by atoms with E-state index in [9.17, 15) is 19.2 Å². The van der Waals surface area contributed by atoms with E-state index in [0.717, 1.165) is 27.1 Å². The summed E-state index contributed by atoms with van der Waals surface area (Å²) in [7, 11) is 0. The Morgan fingerprint density at radius 3 is 2.42 bits per heavy atom. The maximum Gasteiger partial charge on any atom is 0.341 e. The number of esters is 1. The number of aromatic nitrogens is 2. The monoisotopic (exact) mass is 553 g/mol. The zero-order valence-electron chi connectivity index (χ0n) is 16.7. The first-order valence-corrected chi connectivity index (χ1v) is 11.7. The summed E-state index contributed by atoms with van der Waals surface area (Å²) in [6, 6.07) is 13.8. The van der Waals surface area contributed by atoms with Crippen LogP contribution >= 0.6 is 34.1 Å². The smallest absolute Gasteiger partial charge is 0.341 e. The van der Waals surface area contributed by atoms with Crippen molar-refractivity contribution in [3.8, 4) is 5.75 Å². The van der Waals surface area contributed by atoms with Crippen molar-refractivity contribution in [2.24, 2.45) is 0 Å². The molecule has 0 bridgehead atoms. The number of benzene rings is 2. The molecule has 0 radical (unpaired) electrons. The number of hydrogen-bond donors (Lipinski definition) is 1. The Morgan fingerprint density at radius 2 is 1.74 bits per heavy atom. The van der Waals surface area contributed by atoms with Crippen LogP contribution in [-0.2, 0) is 24.4 Å². The second-order valence-electron chi connectivity index (χ2n) is 6.61. The fourth-order valence-corrected chi connectivity index (χ4v) is 4.47. The van der Waals surface area contributed by atoms with Gasteiger partial charge in [-0.25, -0.2) is 13.3 Å². The average Bonchev–Trinajstić information content (AvgIpc) is 3.00. The molecule has 2 aromatic carbocycles. The molecule has 1 amide bonds. The van der Waals surface area contributed by atoms with E-state index >= 15 is 0 Å². The molecule has 10 heteroatoms. The van der Waals surface area contributed by atoms with Crippen molar-refractivity contribution in [3.63, 3.8) is 0 Å². The number of nitrogens with zero attached hydrogens (tertiary/aromatic N) is 2. The maximum atomic E-state index is 12.5. The highest BCUT2D eigenvalue weighted by Gasteiger charge is 2.13. The summed E-state index contributed by atoms with van der Waals surface area (Å²) in [5, 5.41) is 2.80. The number of hydrogen-bond acceptors (Lipinski definition) is 6. The molecule has 3 aromatic rings. The largest absolute Gasteiger partial charge is 0.426 e. The Bertz CT molecular complexity index is 1200. The number of para-hydroxylation sites is 1. The third-order valence-corrected chi connectivity index (χ3v) is 5.76. The lowest BCUT2D eigenvalue weighted by Gasteiger charge is -2.10. The number of amides is 1. The van der Waals surface area contributed by atoms with Crippen molar-refractivity contribution in [2.75, 3.05) is 4.43 Å². The van der Waals surface area contributed by atoms with Crippen LogP contribution in [0.25, 0.3) is 0 Å². The molecular weight excluding hydrogens is 533 g/mol. The Hall–Kier alpha value is -2.73. The van der Waals surface area contributed by atoms with Crippen molar-refractivity contribution < 1.29 is 14.3 Å². The van der Waals surface area contributed by atoms with Gasteiger partial charge in [0.25, 0.3) is 5.91 Å². The molecule has 0 aliphatic rings. The predicted molar refractivity (Wildman–Crippen MR) is 126 cm³/mol. The number of rotatable bonds is 8. The summed E-state index contributed by atoms with van der Waals surface area (Å²) in [5.74, 6) is -0.652. The topological polar surface area (TPSA) is 99.4 Å². The lowest BCUT2D eigenvalue weighted by molar-refractivity contribution is -0.131. The molecule has 0 saturated heterocycles. The zero-order chi connectivity index (χ0) is 22.4. The van der Waals surface area contributed by atoms with Gasteiger partial charge in [-0.15, -0.1) is 0 Å². The van der Waals surface area contributed by atoms with Crippen molar-refractivity contribution in [2.45, 2.75) is 26.6 Å². The van der Waals surface area contributed by atoms with Crippen LogP contribution in [-0.4, -0.2) is 24.8 Å². The Balaban J connectivity index is 1.64. The van der Waals surface area contributed by atoms with Gasteiger partial charge in [-0.2, -0.15) is 0 Å². The average molecular weight is 553 g/mol. The molecule has 31 heavy (non-hydrogen) atoms. The van der Waals surface area contributed by atoms with Crippen molar-refractivity contribution in [1.29, 1.82) is 0 Å². The SMILES string of the molecule is CC(=O)Oc1ccccc1C(=O)NCc1ccc(Cn2c(=O)sn(CCI)c2=O)cc1. The number of nitrogens with one attached hydrogen (secondary N) is 1. The van der Waals surface area contributed by atoms with Crippen LogP contribution in [0.1, 0.15) is 28.4 Å². The van der Waals surface area contributed by atoms with Crippen LogP contribution < -0.4 is 20.6 Å². The minimum Gasteiger partial charge on any atom is -0.426 e. The molecular formula is C21H20IN3O5S. The first kappa shape index (κ1) is 22.9. The maximum absolute atomic E-state index is 12.5. The summed E-state index contributed by atoms with van der Waals surface area (Å²) in [5.41, 5.74) is 1.64. The van der Waals surface area contributed by atoms with Crippen LogP contribution in [0.4, 0.5) is 0 Å². The first-order valence-electron chi connectivity index (χ1n) is 9.39. The molecule has 0 aliphatic carbocycles. The number of carbonyl (C=O) groups excluding carboxylic acids is 2. The summed E-state index contributed by atoms with van der Waals surface area (Å²) < 4.78 is 8.51. The Kier molecular flexibility index (Phi) is 7.80. The van der Waals surface area contributed by atoms with Crippen molar-refractivity contribution >= 4 is 46.0 Å². The van der Waals surface area contributed by atoms with Gasteiger partial charge in [-0.3, -0.25) is 14.4 Å². The number of halogens is 1. The lowest BCUT2D eigenvalue weighted by atomic mass is 10.1. The predicted octanol–water partition coefficient (Wildman–Crippen LogP) is 2.41. The fourth-order valence-electron chi connectivity index (χ4n) is 2.87. The van der Waals surface area contributed by atoms with E-state index in [2.05, 4.69) is 27.9 Å². The molecule has 0 aliphatic heterocycles. The second-order valence-corrected chi connectivity index (χ2v) is 8.66. The summed E-state index contributed by atoms with van der Waals surface area (Å²) in [4.78, 5) is 47.8. The third-order valence-electron chi connectivity index (χ3n) is 4.34. The molecule has 0 saturated carbocycles. The van der Waals surface area contributed by atoms with Crippen LogP contribution in [0.2, 0.25) is 0 Å². The lowest BCUT2D eigenvalue weighted by Crippen LogP contribution is -2.29. The van der Waals surface area contributed by atoms with E-state index < -0.39 is 5.97 Å². The van der Waals surface area contributed by atoms with Gasteiger partial charge in [0.05, 0.1) is 12.1 Å². The number of alkyl halides is 1. The summed E-state index contributed by atoms with van der Waals surface area (Å²) >= 11 is 3.09. The van der Waals surface area contributed by atoms with Gasteiger partial charge in [0, 0.05) is 36.0 Å².